The van der Waals surface area contributed by atoms with Crippen molar-refractivity contribution in [3.8, 4) is 0 Å². The number of anilines is 2. The number of carbonyl (C=O) groups is 2. The van der Waals surface area contributed by atoms with E-state index in [-0.39, 0.29) is 11.3 Å². The Morgan fingerprint density at radius 3 is 2.59 bits per heavy atom. The predicted octanol–water partition coefficient (Wildman–Crippen LogP) is 3.95. The Morgan fingerprint density at radius 1 is 1.21 bits per heavy atom. The molecule has 8 nitrogen and oxygen atoms in total. The highest BCUT2D eigenvalue weighted by Gasteiger charge is 2.24. The van der Waals surface area contributed by atoms with Gasteiger partial charge < -0.3 is 15.0 Å². The predicted molar refractivity (Wildman–Crippen MR) is 110 cm³/mol. The van der Waals surface area contributed by atoms with Gasteiger partial charge in [-0.15, -0.1) is 0 Å². The first-order valence-electron chi connectivity index (χ1n) is 9.11. The van der Waals surface area contributed by atoms with Crippen molar-refractivity contribution in [3.05, 3.63) is 62.7 Å². The van der Waals surface area contributed by atoms with Crippen LogP contribution in [0.5, 0.6) is 0 Å². The van der Waals surface area contributed by atoms with Crippen molar-refractivity contribution in [2.75, 3.05) is 29.9 Å². The SMILES string of the molecule is Cc1ccc(NC(=O)COC(=O)c2cc([N+](=O)[O-])ccc2N2CCCC2)c(Cl)c1. The molecule has 1 fully saturated rings. The van der Waals surface area contributed by atoms with Crippen LogP contribution in [0.3, 0.4) is 0 Å². The van der Waals surface area contributed by atoms with Crippen LogP contribution in [-0.2, 0) is 9.53 Å². The van der Waals surface area contributed by atoms with Gasteiger partial charge in [0.1, 0.15) is 0 Å². The number of aryl methyl sites for hydroxylation is 1. The number of rotatable bonds is 6. The topological polar surface area (TPSA) is 102 Å². The maximum Gasteiger partial charge on any atom is 0.341 e. The highest BCUT2D eigenvalue weighted by molar-refractivity contribution is 6.33. The fourth-order valence-electron chi connectivity index (χ4n) is 3.15. The Balaban J connectivity index is 1.71. The molecule has 29 heavy (non-hydrogen) atoms. The van der Waals surface area contributed by atoms with E-state index in [1.165, 1.54) is 12.1 Å². The van der Waals surface area contributed by atoms with Gasteiger partial charge in [0.2, 0.25) is 0 Å². The zero-order valence-corrected chi connectivity index (χ0v) is 16.6. The van der Waals surface area contributed by atoms with Crippen molar-refractivity contribution in [1.82, 2.24) is 0 Å². The van der Waals surface area contributed by atoms with E-state index in [0.717, 1.165) is 31.5 Å². The number of nitrogens with zero attached hydrogens (tertiary/aromatic N) is 2. The van der Waals surface area contributed by atoms with Gasteiger partial charge in [0.05, 0.1) is 26.9 Å². The number of halogens is 1. The maximum absolute atomic E-state index is 12.6. The normalized spacial score (nSPS) is 13.2. The molecule has 152 valence electrons. The van der Waals surface area contributed by atoms with E-state index in [4.69, 9.17) is 16.3 Å². The third kappa shape index (κ3) is 5.03. The van der Waals surface area contributed by atoms with Crippen LogP contribution in [0.1, 0.15) is 28.8 Å². The Hall–Kier alpha value is -3.13. The maximum atomic E-state index is 12.6. The summed E-state index contributed by atoms with van der Waals surface area (Å²) < 4.78 is 5.12. The summed E-state index contributed by atoms with van der Waals surface area (Å²) in [5.74, 6) is -1.35. The smallest absolute Gasteiger partial charge is 0.341 e. The van der Waals surface area contributed by atoms with Gasteiger partial charge in [0.25, 0.3) is 11.6 Å². The first-order chi connectivity index (χ1) is 13.8. The van der Waals surface area contributed by atoms with Gasteiger partial charge in [0.15, 0.2) is 6.61 Å². The van der Waals surface area contributed by atoms with Crippen LogP contribution in [0.4, 0.5) is 17.1 Å². The minimum absolute atomic E-state index is 0.0715. The molecule has 0 saturated carbocycles. The van der Waals surface area contributed by atoms with Crippen LogP contribution < -0.4 is 10.2 Å². The minimum Gasteiger partial charge on any atom is -0.452 e. The highest BCUT2D eigenvalue weighted by Crippen LogP contribution is 2.29. The van der Waals surface area contributed by atoms with Gasteiger partial charge in [0, 0.05) is 25.2 Å². The Kier molecular flexibility index (Phi) is 6.33. The molecule has 0 bridgehead atoms. The summed E-state index contributed by atoms with van der Waals surface area (Å²) in [6.45, 7) is 2.84. The lowest BCUT2D eigenvalue weighted by molar-refractivity contribution is -0.384. The number of ether oxygens (including phenoxy) is 1. The van der Waals surface area contributed by atoms with Gasteiger partial charge in [-0.05, 0) is 43.5 Å². The molecule has 1 saturated heterocycles. The molecule has 2 aromatic rings. The number of nitrogens with one attached hydrogen (secondary N) is 1. The lowest BCUT2D eigenvalue weighted by Crippen LogP contribution is -2.24. The van der Waals surface area contributed by atoms with Gasteiger partial charge in [-0.25, -0.2) is 4.79 Å². The van der Waals surface area contributed by atoms with E-state index in [2.05, 4.69) is 5.32 Å². The van der Waals surface area contributed by atoms with Gasteiger partial charge in [-0.3, -0.25) is 14.9 Å². The quantitative estimate of drug-likeness (QED) is 0.433. The number of hydrogen-bond acceptors (Lipinski definition) is 6. The minimum atomic E-state index is -0.791. The average molecular weight is 418 g/mol. The summed E-state index contributed by atoms with van der Waals surface area (Å²) >= 11 is 6.08. The summed E-state index contributed by atoms with van der Waals surface area (Å²) in [7, 11) is 0. The monoisotopic (exact) mass is 417 g/mol. The molecule has 0 atom stereocenters. The zero-order valence-electron chi connectivity index (χ0n) is 15.8. The van der Waals surface area contributed by atoms with Gasteiger partial charge >= 0.3 is 5.97 Å². The van der Waals surface area contributed by atoms with E-state index in [1.807, 2.05) is 11.8 Å². The third-order valence-corrected chi connectivity index (χ3v) is 4.90. The number of nitro benzene ring substituents is 1. The number of nitro groups is 1. The van der Waals surface area contributed by atoms with E-state index < -0.39 is 23.4 Å². The molecule has 0 aliphatic carbocycles. The van der Waals surface area contributed by atoms with E-state index in [0.29, 0.717) is 16.4 Å². The molecular formula is C20H20ClN3O5. The van der Waals surface area contributed by atoms with Gasteiger partial charge in [-0.1, -0.05) is 17.7 Å². The van der Waals surface area contributed by atoms with Crippen molar-refractivity contribution in [1.29, 1.82) is 0 Å². The first kappa shape index (κ1) is 20.6. The summed E-state index contributed by atoms with van der Waals surface area (Å²) in [5, 5.41) is 14.0. The molecule has 1 heterocycles. The zero-order chi connectivity index (χ0) is 21.0. The second-order valence-electron chi connectivity index (χ2n) is 6.76. The van der Waals surface area contributed by atoms with Crippen LogP contribution in [0.15, 0.2) is 36.4 Å². The van der Waals surface area contributed by atoms with Crippen molar-refractivity contribution in [2.24, 2.45) is 0 Å². The Morgan fingerprint density at radius 2 is 1.93 bits per heavy atom. The standard InChI is InChI=1S/C20H20ClN3O5/c1-13-4-6-17(16(21)10-13)22-19(25)12-29-20(26)15-11-14(24(27)28)5-7-18(15)23-8-2-3-9-23/h4-7,10-11H,2-3,8-9,12H2,1H3,(H,22,25). The molecule has 0 spiro atoms. The van der Waals surface area contributed by atoms with Crippen LogP contribution in [0, 0.1) is 17.0 Å². The van der Waals surface area contributed by atoms with E-state index in [1.54, 1.807) is 24.3 Å². The number of non-ortho nitro benzene ring substituents is 1. The van der Waals surface area contributed by atoms with Crippen molar-refractivity contribution in [3.63, 3.8) is 0 Å². The average Bonchev–Trinajstić information content (AvgIpc) is 3.22. The Bertz CT molecular complexity index is 957. The highest BCUT2D eigenvalue weighted by atomic mass is 35.5. The van der Waals surface area contributed by atoms with Crippen LogP contribution in [0.25, 0.3) is 0 Å². The lowest BCUT2D eigenvalue weighted by atomic mass is 10.1. The lowest BCUT2D eigenvalue weighted by Gasteiger charge is -2.20. The molecule has 1 amide bonds. The molecule has 1 aliphatic heterocycles. The molecule has 9 heteroatoms. The molecule has 1 N–H and O–H groups in total. The fourth-order valence-corrected chi connectivity index (χ4v) is 3.43. The van der Waals surface area contributed by atoms with E-state index >= 15 is 0 Å². The second kappa shape index (κ2) is 8.91. The van der Waals surface area contributed by atoms with Crippen molar-refractivity contribution >= 4 is 40.5 Å². The molecule has 3 rings (SSSR count). The number of carbonyl (C=O) groups excluding carboxylic acids is 2. The van der Waals surface area contributed by atoms with Crippen molar-refractivity contribution in [2.45, 2.75) is 19.8 Å². The van der Waals surface area contributed by atoms with Crippen LogP contribution >= 0.6 is 11.6 Å². The fraction of sp³-hybridized carbons (Fsp3) is 0.300. The molecular weight excluding hydrogens is 398 g/mol. The molecule has 0 radical (unpaired) electrons. The largest absolute Gasteiger partial charge is 0.452 e. The van der Waals surface area contributed by atoms with Gasteiger partial charge in [-0.2, -0.15) is 0 Å². The summed E-state index contributed by atoms with van der Waals surface area (Å²) in [6.07, 6.45) is 1.95. The van der Waals surface area contributed by atoms with Crippen LogP contribution in [0.2, 0.25) is 5.02 Å². The second-order valence-corrected chi connectivity index (χ2v) is 7.17. The Labute approximate surface area is 172 Å². The molecule has 0 aromatic heterocycles. The molecule has 2 aromatic carbocycles. The first-order valence-corrected chi connectivity index (χ1v) is 9.49. The summed E-state index contributed by atoms with van der Waals surface area (Å²) in [6, 6.07) is 9.24. The van der Waals surface area contributed by atoms with Crippen molar-refractivity contribution < 1.29 is 19.2 Å². The summed E-state index contributed by atoms with van der Waals surface area (Å²) in [4.78, 5) is 37.2. The number of benzene rings is 2. The summed E-state index contributed by atoms with van der Waals surface area (Å²) in [5.41, 5.74) is 1.78. The number of amides is 1. The third-order valence-electron chi connectivity index (χ3n) is 4.59. The van der Waals surface area contributed by atoms with Crippen LogP contribution in [-0.4, -0.2) is 36.5 Å². The number of esters is 1. The number of hydrogen-bond donors (Lipinski definition) is 1. The molecule has 1 aliphatic rings. The van der Waals surface area contributed by atoms with E-state index in [9.17, 15) is 19.7 Å². The molecule has 0 unspecified atom stereocenters.